The second kappa shape index (κ2) is 6.75. The van der Waals surface area contributed by atoms with Crippen molar-refractivity contribution in [2.45, 2.75) is 32.0 Å². The van der Waals surface area contributed by atoms with E-state index in [1.807, 2.05) is 6.92 Å². The number of carbonyl (C=O) groups is 2. The van der Waals surface area contributed by atoms with E-state index in [4.69, 9.17) is 9.84 Å². The van der Waals surface area contributed by atoms with Gasteiger partial charge in [0, 0.05) is 12.3 Å². The van der Waals surface area contributed by atoms with Gasteiger partial charge in [0.1, 0.15) is 6.10 Å². The van der Waals surface area contributed by atoms with Crippen molar-refractivity contribution in [2.24, 2.45) is 0 Å². The number of thioether (sulfide) groups is 1. The van der Waals surface area contributed by atoms with E-state index in [1.54, 1.807) is 0 Å². The number of carboxylic acids is 1. The molecule has 16 heavy (non-hydrogen) atoms. The topological polar surface area (TPSA) is 75.6 Å². The second-order valence-electron chi connectivity index (χ2n) is 3.75. The third kappa shape index (κ3) is 4.85. The maximum Gasteiger partial charge on any atom is 0.313 e. The van der Waals surface area contributed by atoms with Crippen molar-refractivity contribution in [3.8, 4) is 0 Å². The summed E-state index contributed by atoms with van der Waals surface area (Å²) in [6.07, 6.45) is 1.54. The van der Waals surface area contributed by atoms with Gasteiger partial charge in [0.25, 0.3) is 0 Å². The minimum absolute atomic E-state index is 0.0762. The van der Waals surface area contributed by atoms with Crippen LogP contribution in [0.1, 0.15) is 19.8 Å². The standard InChI is InChI=1S/C10H17NO4S/c1-7-2-3-8(15-7)10(14)11-4-5-16-6-9(12)13/h7-8H,2-6H2,1H3,(H,11,14)(H,12,13). The van der Waals surface area contributed by atoms with E-state index in [9.17, 15) is 9.59 Å². The molecule has 0 saturated carbocycles. The van der Waals surface area contributed by atoms with Crippen LogP contribution in [0.5, 0.6) is 0 Å². The van der Waals surface area contributed by atoms with E-state index in [0.29, 0.717) is 12.3 Å². The van der Waals surface area contributed by atoms with Gasteiger partial charge < -0.3 is 15.2 Å². The van der Waals surface area contributed by atoms with Crippen LogP contribution in [0.25, 0.3) is 0 Å². The zero-order chi connectivity index (χ0) is 12.0. The number of amides is 1. The van der Waals surface area contributed by atoms with E-state index < -0.39 is 5.97 Å². The summed E-state index contributed by atoms with van der Waals surface area (Å²) in [6, 6.07) is 0. The molecule has 2 unspecified atom stereocenters. The summed E-state index contributed by atoms with van der Waals surface area (Å²) in [6.45, 7) is 2.45. The van der Waals surface area contributed by atoms with Crippen molar-refractivity contribution in [1.29, 1.82) is 0 Å². The monoisotopic (exact) mass is 247 g/mol. The normalized spacial score (nSPS) is 24.3. The molecule has 1 saturated heterocycles. The van der Waals surface area contributed by atoms with E-state index in [2.05, 4.69) is 5.32 Å². The average Bonchev–Trinajstić information content (AvgIpc) is 2.63. The van der Waals surface area contributed by atoms with Gasteiger partial charge >= 0.3 is 5.97 Å². The highest BCUT2D eigenvalue weighted by Crippen LogP contribution is 2.18. The van der Waals surface area contributed by atoms with Crippen molar-refractivity contribution in [1.82, 2.24) is 5.32 Å². The quantitative estimate of drug-likeness (QED) is 0.668. The molecule has 0 radical (unpaired) electrons. The van der Waals surface area contributed by atoms with Crippen LogP contribution in [0.3, 0.4) is 0 Å². The molecule has 6 heteroatoms. The molecule has 1 amide bonds. The molecular weight excluding hydrogens is 230 g/mol. The highest BCUT2D eigenvalue weighted by molar-refractivity contribution is 7.99. The summed E-state index contributed by atoms with van der Waals surface area (Å²) >= 11 is 1.29. The Balaban J connectivity index is 2.04. The van der Waals surface area contributed by atoms with Crippen LogP contribution < -0.4 is 5.32 Å². The molecule has 0 aromatic carbocycles. The third-order valence-electron chi connectivity index (χ3n) is 2.30. The van der Waals surface area contributed by atoms with Gasteiger partial charge in [-0.15, -0.1) is 11.8 Å². The third-order valence-corrected chi connectivity index (χ3v) is 3.24. The minimum Gasteiger partial charge on any atom is -0.481 e. The summed E-state index contributed by atoms with van der Waals surface area (Å²) in [5.74, 6) is -0.225. The molecule has 1 fully saturated rings. The molecule has 0 aliphatic carbocycles. The fourth-order valence-electron chi connectivity index (χ4n) is 1.52. The van der Waals surface area contributed by atoms with Crippen molar-refractivity contribution >= 4 is 23.6 Å². The Morgan fingerprint density at radius 2 is 2.25 bits per heavy atom. The fourth-order valence-corrected chi connectivity index (χ4v) is 2.08. The van der Waals surface area contributed by atoms with Crippen LogP contribution in [0, 0.1) is 0 Å². The predicted octanol–water partition coefficient (Wildman–Crippen LogP) is 0.488. The lowest BCUT2D eigenvalue weighted by Gasteiger charge is -2.11. The smallest absolute Gasteiger partial charge is 0.313 e. The van der Waals surface area contributed by atoms with Crippen molar-refractivity contribution in [3.63, 3.8) is 0 Å². The van der Waals surface area contributed by atoms with Gasteiger partial charge in [-0.1, -0.05) is 0 Å². The molecule has 1 aliphatic heterocycles. The molecule has 2 N–H and O–H groups in total. The SMILES string of the molecule is CC1CCC(C(=O)NCCSCC(=O)O)O1. The Morgan fingerprint density at radius 3 is 2.81 bits per heavy atom. The van der Waals surface area contributed by atoms with E-state index in [-0.39, 0.29) is 23.9 Å². The number of carbonyl (C=O) groups excluding carboxylic acids is 1. The molecule has 0 aromatic rings. The molecule has 0 spiro atoms. The van der Waals surface area contributed by atoms with Crippen molar-refractivity contribution in [2.75, 3.05) is 18.1 Å². The molecule has 92 valence electrons. The molecule has 0 aromatic heterocycles. The van der Waals surface area contributed by atoms with Crippen LogP contribution in [-0.2, 0) is 14.3 Å². The Hall–Kier alpha value is -0.750. The van der Waals surface area contributed by atoms with E-state index >= 15 is 0 Å². The lowest BCUT2D eigenvalue weighted by molar-refractivity contribution is -0.134. The minimum atomic E-state index is -0.829. The molecule has 5 nitrogen and oxygen atoms in total. The van der Waals surface area contributed by atoms with Crippen molar-refractivity contribution in [3.05, 3.63) is 0 Å². The van der Waals surface area contributed by atoms with E-state index in [0.717, 1.165) is 12.8 Å². The van der Waals surface area contributed by atoms with Crippen LogP contribution >= 0.6 is 11.8 Å². The second-order valence-corrected chi connectivity index (χ2v) is 4.86. The van der Waals surface area contributed by atoms with Gasteiger partial charge in [0.15, 0.2) is 0 Å². The number of nitrogens with one attached hydrogen (secondary N) is 1. The van der Waals surface area contributed by atoms with Crippen LogP contribution in [0.15, 0.2) is 0 Å². The summed E-state index contributed by atoms with van der Waals surface area (Å²) in [4.78, 5) is 21.7. The summed E-state index contributed by atoms with van der Waals surface area (Å²) in [5.41, 5.74) is 0. The number of ether oxygens (including phenoxy) is 1. The Bertz CT molecular complexity index is 259. The molecule has 0 bridgehead atoms. The van der Waals surface area contributed by atoms with E-state index in [1.165, 1.54) is 11.8 Å². The summed E-state index contributed by atoms with van der Waals surface area (Å²) < 4.78 is 5.41. The van der Waals surface area contributed by atoms with Gasteiger partial charge in [-0.2, -0.15) is 0 Å². The summed E-state index contributed by atoms with van der Waals surface area (Å²) in [7, 11) is 0. The average molecular weight is 247 g/mol. The first-order chi connectivity index (χ1) is 7.59. The van der Waals surface area contributed by atoms with Gasteiger partial charge in [0.2, 0.25) is 5.91 Å². The van der Waals surface area contributed by atoms with Crippen LogP contribution in [0.2, 0.25) is 0 Å². The van der Waals surface area contributed by atoms with Gasteiger partial charge in [-0.25, -0.2) is 0 Å². The maximum absolute atomic E-state index is 11.5. The van der Waals surface area contributed by atoms with Gasteiger partial charge in [-0.05, 0) is 19.8 Å². The lowest BCUT2D eigenvalue weighted by Crippen LogP contribution is -2.35. The van der Waals surface area contributed by atoms with Crippen LogP contribution in [0.4, 0.5) is 0 Å². The highest BCUT2D eigenvalue weighted by atomic mass is 32.2. The Morgan fingerprint density at radius 1 is 1.50 bits per heavy atom. The summed E-state index contributed by atoms with van der Waals surface area (Å²) in [5, 5.41) is 11.1. The lowest BCUT2D eigenvalue weighted by atomic mass is 10.2. The maximum atomic E-state index is 11.5. The number of carboxylic acid groups (broad SMARTS) is 1. The Kier molecular flexibility index (Phi) is 5.62. The number of hydrogen-bond acceptors (Lipinski definition) is 4. The number of rotatable bonds is 6. The van der Waals surface area contributed by atoms with Gasteiger partial charge in [0.05, 0.1) is 11.9 Å². The molecule has 1 rings (SSSR count). The van der Waals surface area contributed by atoms with Gasteiger partial charge in [-0.3, -0.25) is 9.59 Å². The first-order valence-electron chi connectivity index (χ1n) is 5.32. The highest BCUT2D eigenvalue weighted by Gasteiger charge is 2.27. The molecule has 2 atom stereocenters. The molecule has 1 aliphatic rings. The first-order valence-corrected chi connectivity index (χ1v) is 6.47. The number of hydrogen-bond donors (Lipinski definition) is 2. The fraction of sp³-hybridized carbons (Fsp3) is 0.800. The molecule has 1 heterocycles. The Labute approximate surface area is 98.9 Å². The van der Waals surface area contributed by atoms with Crippen molar-refractivity contribution < 1.29 is 19.4 Å². The number of aliphatic carboxylic acids is 1. The first kappa shape index (κ1) is 13.3. The largest absolute Gasteiger partial charge is 0.481 e. The zero-order valence-electron chi connectivity index (χ0n) is 9.27. The zero-order valence-corrected chi connectivity index (χ0v) is 10.1. The molecular formula is C10H17NO4S. The van der Waals surface area contributed by atoms with Crippen LogP contribution in [-0.4, -0.2) is 47.2 Å². The predicted molar refractivity (Wildman–Crippen MR) is 61.5 cm³/mol.